The standard InChI is InChI=1S/C13H14ClNO5/c1-3-4-7-19-9(2)13(16)20-12-6-5-10(15(17)18)8-11(12)14/h3,5-6,8-9H,1,4,7H2,2H3. The molecule has 0 aromatic heterocycles. The number of esters is 1. The highest BCUT2D eigenvalue weighted by Gasteiger charge is 2.18. The SMILES string of the molecule is C=CCCOC(C)C(=O)Oc1ccc([N+](=O)[O-])cc1Cl. The molecule has 7 heteroatoms. The van der Waals surface area contributed by atoms with Gasteiger partial charge in [0.2, 0.25) is 0 Å². The zero-order valence-corrected chi connectivity index (χ0v) is 11.6. The molecular weight excluding hydrogens is 286 g/mol. The molecule has 1 aromatic carbocycles. The van der Waals surface area contributed by atoms with E-state index in [0.29, 0.717) is 13.0 Å². The summed E-state index contributed by atoms with van der Waals surface area (Å²) < 4.78 is 10.2. The predicted molar refractivity (Wildman–Crippen MR) is 74.0 cm³/mol. The number of carbonyl (C=O) groups excluding carboxylic acids is 1. The van der Waals surface area contributed by atoms with E-state index >= 15 is 0 Å². The fourth-order valence-electron chi connectivity index (χ4n) is 1.27. The van der Waals surface area contributed by atoms with Crippen molar-refractivity contribution in [1.82, 2.24) is 0 Å². The van der Waals surface area contributed by atoms with E-state index in [-0.39, 0.29) is 16.5 Å². The molecule has 0 fully saturated rings. The lowest BCUT2D eigenvalue weighted by Crippen LogP contribution is -2.26. The van der Waals surface area contributed by atoms with Gasteiger partial charge in [-0.3, -0.25) is 10.1 Å². The molecule has 0 saturated carbocycles. The van der Waals surface area contributed by atoms with Crippen molar-refractivity contribution < 1.29 is 19.2 Å². The largest absolute Gasteiger partial charge is 0.423 e. The van der Waals surface area contributed by atoms with E-state index in [1.165, 1.54) is 12.1 Å². The molecule has 0 amide bonds. The molecule has 1 atom stereocenters. The molecule has 0 heterocycles. The van der Waals surface area contributed by atoms with Crippen molar-refractivity contribution in [3.05, 3.63) is 46.0 Å². The van der Waals surface area contributed by atoms with Gasteiger partial charge in [-0.25, -0.2) is 4.79 Å². The first-order valence-corrected chi connectivity index (χ1v) is 6.21. The molecule has 1 unspecified atom stereocenters. The molecule has 20 heavy (non-hydrogen) atoms. The van der Waals surface area contributed by atoms with Crippen LogP contribution in [-0.2, 0) is 9.53 Å². The summed E-state index contributed by atoms with van der Waals surface area (Å²) >= 11 is 5.81. The number of nitro groups is 1. The molecule has 0 aliphatic heterocycles. The van der Waals surface area contributed by atoms with Gasteiger partial charge < -0.3 is 9.47 Å². The number of benzene rings is 1. The highest BCUT2D eigenvalue weighted by molar-refractivity contribution is 6.32. The monoisotopic (exact) mass is 299 g/mol. The summed E-state index contributed by atoms with van der Waals surface area (Å²) in [6.07, 6.45) is 1.53. The molecular formula is C13H14ClNO5. The summed E-state index contributed by atoms with van der Waals surface area (Å²) in [5.74, 6) is -0.564. The summed E-state index contributed by atoms with van der Waals surface area (Å²) in [4.78, 5) is 21.7. The van der Waals surface area contributed by atoms with Crippen LogP contribution in [0.2, 0.25) is 5.02 Å². The quantitative estimate of drug-likeness (QED) is 0.193. The minimum absolute atomic E-state index is 0.00848. The first-order chi connectivity index (χ1) is 9.45. The maximum absolute atomic E-state index is 11.7. The molecule has 0 aliphatic carbocycles. The number of carbonyl (C=O) groups is 1. The summed E-state index contributed by atoms with van der Waals surface area (Å²) in [5.41, 5.74) is -0.176. The van der Waals surface area contributed by atoms with E-state index in [1.807, 2.05) is 0 Å². The van der Waals surface area contributed by atoms with Crippen molar-refractivity contribution in [2.24, 2.45) is 0 Å². The smallest absolute Gasteiger partial charge is 0.340 e. The second kappa shape index (κ2) is 7.62. The number of rotatable bonds is 7. The molecule has 0 bridgehead atoms. The first kappa shape index (κ1) is 16.1. The van der Waals surface area contributed by atoms with Crippen molar-refractivity contribution >= 4 is 23.3 Å². The van der Waals surface area contributed by atoms with E-state index in [1.54, 1.807) is 13.0 Å². The van der Waals surface area contributed by atoms with Crippen LogP contribution < -0.4 is 4.74 Å². The average Bonchev–Trinajstić information content (AvgIpc) is 2.40. The Bertz CT molecular complexity index is 517. The Hall–Kier alpha value is -1.92. The minimum Gasteiger partial charge on any atom is -0.423 e. The number of hydrogen-bond acceptors (Lipinski definition) is 5. The van der Waals surface area contributed by atoms with Crippen LogP contribution in [0.15, 0.2) is 30.9 Å². The van der Waals surface area contributed by atoms with Gasteiger partial charge in [0.15, 0.2) is 6.10 Å². The predicted octanol–water partition coefficient (Wildman–Crippen LogP) is 3.13. The third kappa shape index (κ3) is 4.64. The molecule has 0 spiro atoms. The fraction of sp³-hybridized carbons (Fsp3) is 0.308. The van der Waals surface area contributed by atoms with Gasteiger partial charge in [0, 0.05) is 12.1 Å². The van der Waals surface area contributed by atoms with Gasteiger partial charge >= 0.3 is 5.97 Å². The highest BCUT2D eigenvalue weighted by atomic mass is 35.5. The van der Waals surface area contributed by atoms with E-state index < -0.39 is 17.0 Å². The Labute approximate surface area is 121 Å². The van der Waals surface area contributed by atoms with E-state index in [0.717, 1.165) is 6.07 Å². The Balaban J connectivity index is 2.66. The van der Waals surface area contributed by atoms with E-state index in [4.69, 9.17) is 21.1 Å². The number of halogens is 1. The lowest BCUT2D eigenvalue weighted by Gasteiger charge is -2.12. The Morgan fingerprint density at radius 3 is 2.85 bits per heavy atom. The van der Waals surface area contributed by atoms with Gasteiger partial charge in [0.1, 0.15) is 5.75 Å². The van der Waals surface area contributed by atoms with Crippen LogP contribution >= 0.6 is 11.6 Å². The Kier molecular flexibility index (Phi) is 6.14. The van der Waals surface area contributed by atoms with E-state index in [9.17, 15) is 14.9 Å². The lowest BCUT2D eigenvalue weighted by molar-refractivity contribution is -0.384. The van der Waals surface area contributed by atoms with Crippen molar-refractivity contribution in [1.29, 1.82) is 0 Å². The van der Waals surface area contributed by atoms with Gasteiger partial charge in [0.25, 0.3) is 5.69 Å². The summed E-state index contributed by atoms with van der Waals surface area (Å²) in [6, 6.07) is 3.60. The topological polar surface area (TPSA) is 78.7 Å². The van der Waals surface area contributed by atoms with Crippen molar-refractivity contribution in [2.75, 3.05) is 6.61 Å². The van der Waals surface area contributed by atoms with Gasteiger partial charge in [-0.05, 0) is 19.4 Å². The molecule has 1 rings (SSSR count). The van der Waals surface area contributed by atoms with Crippen LogP contribution in [0.25, 0.3) is 0 Å². The van der Waals surface area contributed by atoms with Crippen LogP contribution in [0, 0.1) is 10.1 Å². The minimum atomic E-state index is -0.763. The maximum Gasteiger partial charge on any atom is 0.340 e. The van der Waals surface area contributed by atoms with Crippen molar-refractivity contribution in [2.45, 2.75) is 19.4 Å². The first-order valence-electron chi connectivity index (χ1n) is 5.84. The molecule has 0 aliphatic rings. The molecule has 108 valence electrons. The van der Waals surface area contributed by atoms with E-state index in [2.05, 4.69) is 6.58 Å². The Morgan fingerprint density at radius 1 is 1.60 bits per heavy atom. The van der Waals surface area contributed by atoms with Gasteiger partial charge in [-0.15, -0.1) is 6.58 Å². The van der Waals surface area contributed by atoms with Crippen LogP contribution in [-0.4, -0.2) is 23.6 Å². The third-order valence-corrected chi connectivity index (χ3v) is 2.65. The summed E-state index contributed by atoms with van der Waals surface area (Å²) in [5, 5.41) is 10.5. The zero-order chi connectivity index (χ0) is 15.1. The zero-order valence-electron chi connectivity index (χ0n) is 10.9. The molecule has 0 saturated heterocycles. The number of nitrogens with zero attached hydrogens (tertiary/aromatic N) is 1. The highest BCUT2D eigenvalue weighted by Crippen LogP contribution is 2.28. The Morgan fingerprint density at radius 2 is 2.30 bits per heavy atom. The third-order valence-electron chi connectivity index (χ3n) is 2.36. The van der Waals surface area contributed by atoms with Gasteiger partial charge in [-0.1, -0.05) is 17.7 Å². The fourth-order valence-corrected chi connectivity index (χ4v) is 1.49. The number of hydrogen-bond donors (Lipinski definition) is 0. The van der Waals surface area contributed by atoms with Crippen molar-refractivity contribution in [3.63, 3.8) is 0 Å². The van der Waals surface area contributed by atoms with Crippen molar-refractivity contribution in [3.8, 4) is 5.75 Å². The number of nitro benzene ring substituents is 1. The molecule has 0 N–H and O–H groups in total. The van der Waals surface area contributed by atoms with Crippen LogP contribution in [0.5, 0.6) is 5.75 Å². The average molecular weight is 300 g/mol. The summed E-state index contributed by atoms with van der Waals surface area (Å²) in [7, 11) is 0. The molecule has 1 aromatic rings. The second-order valence-corrected chi connectivity index (χ2v) is 4.29. The van der Waals surface area contributed by atoms with Gasteiger partial charge in [0.05, 0.1) is 16.6 Å². The van der Waals surface area contributed by atoms with Crippen LogP contribution in [0.1, 0.15) is 13.3 Å². The molecule has 0 radical (unpaired) electrons. The maximum atomic E-state index is 11.7. The number of ether oxygens (including phenoxy) is 2. The van der Waals surface area contributed by atoms with Crippen LogP contribution in [0.4, 0.5) is 5.69 Å². The summed E-state index contributed by atoms with van der Waals surface area (Å²) in [6.45, 7) is 5.44. The second-order valence-electron chi connectivity index (χ2n) is 3.88. The lowest BCUT2D eigenvalue weighted by atomic mass is 10.3. The van der Waals surface area contributed by atoms with Gasteiger partial charge in [-0.2, -0.15) is 0 Å². The van der Waals surface area contributed by atoms with Crippen LogP contribution in [0.3, 0.4) is 0 Å². The normalized spacial score (nSPS) is 11.7. The number of non-ortho nitro benzene ring substituents is 1. The molecule has 6 nitrogen and oxygen atoms in total.